The van der Waals surface area contributed by atoms with Crippen LogP contribution in [0.1, 0.15) is 29.7 Å². The number of allylic oxidation sites excluding steroid dienone is 1. The molecule has 1 aliphatic rings. The largest absolute Gasteiger partial charge is 0.328 e. The van der Waals surface area contributed by atoms with Crippen molar-refractivity contribution in [2.75, 3.05) is 10.6 Å². The maximum Gasteiger partial charge on any atom is 0.255 e. The molecular weight excluding hydrogens is 410 g/mol. The van der Waals surface area contributed by atoms with Gasteiger partial charge >= 0.3 is 0 Å². The molecule has 6 heteroatoms. The van der Waals surface area contributed by atoms with E-state index in [0.717, 1.165) is 28.1 Å². The van der Waals surface area contributed by atoms with E-state index >= 15 is 0 Å². The Morgan fingerprint density at radius 3 is 2.39 bits per heavy atom. The molecule has 5 rings (SSSR count). The fraction of sp³-hybridized carbons (Fsp3) is 0.148. The lowest BCUT2D eigenvalue weighted by molar-refractivity contribution is -0.113. The summed E-state index contributed by atoms with van der Waals surface area (Å²) in [5.41, 5.74) is 6.32. The number of nitrogens with one attached hydrogen (secondary N) is 2. The number of para-hydroxylation sites is 1. The Hall–Kier alpha value is -4.19. The minimum Gasteiger partial charge on any atom is -0.328 e. The maximum atomic E-state index is 13.5. The fourth-order valence-corrected chi connectivity index (χ4v) is 4.14. The molecule has 0 saturated heterocycles. The van der Waals surface area contributed by atoms with Crippen molar-refractivity contribution < 1.29 is 4.79 Å². The molecule has 1 unspecified atom stereocenters. The molecule has 1 aliphatic heterocycles. The van der Waals surface area contributed by atoms with Gasteiger partial charge in [-0.25, -0.2) is 4.68 Å². The lowest BCUT2D eigenvalue weighted by Gasteiger charge is -2.29. The van der Waals surface area contributed by atoms with Crippen molar-refractivity contribution in [3.05, 3.63) is 107 Å². The number of aryl methyl sites for hydroxylation is 2. The molecule has 0 bridgehead atoms. The summed E-state index contributed by atoms with van der Waals surface area (Å²) in [6.07, 6.45) is 0. The number of carbonyl (C=O) groups excluding carboxylic acids is 1. The first-order valence-corrected chi connectivity index (χ1v) is 10.9. The molecule has 0 spiro atoms. The Labute approximate surface area is 193 Å². The number of hydrogen-bond acceptors (Lipinski definition) is 4. The number of amides is 1. The quantitative estimate of drug-likeness (QED) is 0.445. The Morgan fingerprint density at radius 2 is 1.67 bits per heavy atom. The Kier molecular flexibility index (Phi) is 5.26. The molecule has 4 aromatic rings. The second-order valence-electron chi connectivity index (χ2n) is 8.37. The van der Waals surface area contributed by atoms with Crippen LogP contribution in [0.25, 0.3) is 11.4 Å². The zero-order chi connectivity index (χ0) is 22.9. The van der Waals surface area contributed by atoms with E-state index in [2.05, 4.69) is 23.6 Å². The Bertz CT molecular complexity index is 1350. The van der Waals surface area contributed by atoms with Crippen molar-refractivity contribution >= 4 is 17.5 Å². The first-order chi connectivity index (χ1) is 16.0. The molecule has 3 aromatic carbocycles. The van der Waals surface area contributed by atoms with Crippen LogP contribution in [0.4, 0.5) is 11.6 Å². The van der Waals surface area contributed by atoms with E-state index in [1.807, 2.05) is 91.3 Å². The van der Waals surface area contributed by atoms with Gasteiger partial charge in [-0.3, -0.25) is 4.79 Å². The number of carbonyl (C=O) groups is 1. The number of anilines is 2. The van der Waals surface area contributed by atoms with E-state index < -0.39 is 6.04 Å². The summed E-state index contributed by atoms with van der Waals surface area (Å²) in [7, 11) is 0. The van der Waals surface area contributed by atoms with Gasteiger partial charge in [-0.1, -0.05) is 77.9 Å². The molecule has 0 aliphatic carbocycles. The summed E-state index contributed by atoms with van der Waals surface area (Å²) in [5, 5.41) is 11.2. The van der Waals surface area contributed by atoms with E-state index in [-0.39, 0.29) is 5.91 Å². The zero-order valence-corrected chi connectivity index (χ0v) is 18.8. The Balaban J connectivity index is 1.61. The molecule has 0 saturated carbocycles. The summed E-state index contributed by atoms with van der Waals surface area (Å²) in [5.74, 6) is 1.06. The average molecular weight is 436 g/mol. The van der Waals surface area contributed by atoms with E-state index in [9.17, 15) is 4.79 Å². The predicted molar refractivity (Wildman–Crippen MR) is 131 cm³/mol. The van der Waals surface area contributed by atoms with E-state index in [1.54, 1.807) is 0 Å². The molecule has 164 valence electrons. The van der Waals surface area contributed by atoms with Crippen molar-refractivity contribution in [3.63, 3.8) is 0 Å². The number of fused-ring (bicyclic) bond motifs is 1. The molecule has 0 fully saturated rings. The predicted octanol–water partition coefficient (Wildman–Crippen LogP) is 5.49. The highest BCUT2D eigenvalue weighted by Crippen LogP contribution is 2.37. The van der Waals surface area contributed by atoms with Crippen molar-refractivity contribution in [3.8, 4) is 11.4 Å². The third-order valence-corrected chi connectivity index (χ3v) is 5.80. The van der Waals surface area contributed by atoms with Crippen LogP contribution in [0.5, 0.6) is 0 Å². The summed E-state index contributed by atoms with van der Waals surface area (Å²) >= 11 is 0. The summed E-state index contributed by atoms with van der Waals surface area (Å²) in [6.45, 7) is 6.01. The van der Waals surface area contributed by atoms with Gasteiger partial charge in [0.05, 0.1) is 5.57 Å². The third-order valence-electron chi connectivity index (χ3n) is 5.80. The van der Waals surface area contributed by atoms with Crippen LogP contribution in [0.2, 0.25) is 0 Å². The van der Waals surface area contributed by atoms with Crippen LogP contribution >= 0.6 is 0 Å². The topological polar surface area (TPSA) is 71.8 Å². The minimum absolute atomic E-state index is 0.171. The van der Waals surface area contributed by atoms with Gasteiger partial charge in [0.15, 0.2) is 5.82 Å². The molecule has 1 aromatic heterocycles. The van der Waals surface area contributed by atoms with Crippen LogP contribution < -0.4 is 10.6 Å². The molecule has 1 atom stereocenters. The van der Waals surface area contributed by atoms with Crippen LogP contribution in [-0.2, 0) is 4.79 Å². The molecule has 6 nitrogen and oxygen atoms in total. The van der Waals surface area contributed by atoms with E-state index in [1.165, 1.54) is 5.56 Å². The van der Waals surface area contributed by atoms with Gasteiger partial charge in [-0.05, 0) is 38.5 Å². The van der Waals surface area contributed by atoms with Crippen LogP contribution in [-0.4, -0.2) is 20.7 Å². The monoisotopic (exact) mass is 435 g/mol. The minimum atomic E-state index is -0.406. The fourth-order valence-electron chi connectivity index (χ4n) is 4.14. The smallest absolute Gasteiger partial charge is 0.255 e. The molecule has 0 radical (unpaired) electrons. The number of hydrogen-bond donors (Lipinski definition) is 2. The first-order valence-electron chi connectivity index (χ1n) is 10.9. The van der Waals surface area contributed by atoms with Gasteiger partial charge < -0.3 is 10.6 Å². The van der Waals surface area contributed by atoms with Gasteiger partial charge in [0.2, 0.25) is 5.95 Å². The highest BCUT2D eigenvalue weighted by atomic mass is 16.1. The molecule has 2 N–H and O–H groups in total. The number of nitrogens with zero attached hydrogens (tertiary/aromatic N) is 3. The lowest BCUT2D eigenvalue weighted by atomic mass is 9.94. The maximum absolute atomic E-state index is 13.5. The highest BCUT2D eigenvalue weighted by Gasteiger charge is 2.34. The first kappa shape index (κ1) is 20.7. The van der Waals surface area contributed by atoms with Crippen molar-refractivity contribution in [1.82, 2.24) is 14.8 Å². The lowest BCUT2D eigenvalue weighted by Crippen LogP contribution is -2.31. The summed E-state index contributed by atoms with van der Waals surface area (Å²) in [6, 6.07) is 25.4. The Morgan fingerprint density at radius 1 is 0.909 bits per heavy atom. The number of benzene rings is 3. The van der Waals surface area contributed by atoms with Crippen LogP contribution in [0.3, 0.4) is 0 Å². The zero-order valence-electron chi connectivity index (χ0n) is 18.8. The summed E-state index contributed by atoms with van der Waals surface area (Å²) in [4.78, 5) is 18.3. The summed E-state index contributed by atoms with van der Waals surface area (Å²) < 4.78 is 1.82. The van der Waals surface area contributed by atoms with Crippen molar-refractivity contribution in [2.45, 2.75) is 26.8 Å². The molecule has 33 heavy (non-hydrogen) atoms. The SMILES string of the molecule is CC1=C(C(=O)Nc2ccccc2)C(c2cccc(C)c2)n2nc(-c3ccc(C)cc3)nc2N1. The van der Waals surface area contributed by atoms with Gasteiger partial charge in [-0.2, -0.15) is 4.98 Å². The number of aromatic nitrogens is 3. The molecular formula is C27H25N5O. The van der Waals surface area contributed by atoms with Crippen molar-refractivity contribution in [1.29, 1.82) is 0 Å². The molecule has 2 heterocycles. The van der Waals surface area contributed by atoms with Gasteiger partial charge in [-0.15, -0.1) is 5.10 Å². The van der Waals surface area contributed by atoms with Crippen LogP contribution in [0.15, 0.2) is 90.1 Å². The standard InChI is InChI=1S/C27H25N5O/c1-17-12-14-20(15-13-17)25-30-27-28-19(3)23(26(33)29-22-10-5-4-6-11-22)24(32(27)31-25)21-9-7-8-18(2)16-21/h4-16,24H,1-3H3,(H,29,33)(H,28,30,31). The third kappa shape index (κ3) is 4.03. The normalized spacial score (nSPS) is 15.1. The van der Waals surface area contributed by atoms with Crippen LogP contribution in [0, 0.1) is 13.8 Å². The van der Waals surface area contributed by atoms with Gasteiger partial charge in [0.25, 0.3) is 5.91 Å². The second-order valence-corrected chi connectivity index (χ2v) is 8.37. The van der Waals surface area contributed by atoms with Crippen molar-refractivity contribution in [2.24, 2.45) is 0 Å². The molecule has 1 amide bonds. The van der Waals surface area contributed by atoms with E-state index in [0.29, 0.717) is 17.3 Å². The highest BCUT2D eigenvalue weighted by molar-refractivity contribution is 6.06. The number of rotatable bonds is 4. The second kappa shape index (κ2) is 8.39. The van der Waals surface area contributed by atoms with Gasteiger partial charge in [0, 0.05) is 16.9 Å². The van der Waals surface area contributed by atoms with Gasteiger partial charge in [0.1, 0.15) is 6.04 Å². The average Bonchev–Trinajstić information content (AvgIpc) is 3.22. The van der Waals surface area contributed by atoms with E-state index in [4.69, 9.17) is 10.1 Å².